The standard InChI is InChI=1S/C20H27NO5/c1-4-25-20(23)17-8-6-12-21(14-17)11-5-7-16-9-10-18(26-15(2)22)19(13-16)24-3/h5,7,9-10,13,17H,4,6,8,11-12,14H2,1-3H3/b7-5-. The van der Waals surface area contributed by atoms with Gasteiger partial charge in [-0.25, -0.2) is 0 Å². The fraction of sp³-hybridized carbons (Fsp3) is 0.500. The molecule has 0 N–H and O–H groups in total. The normalized spacial score (nSPS) is 17.9. The van der Waals surface area contributed by atoms with Crippen LogP contribution in [0.2, 0.25) is 0 Å². The first kappa shape index (κ1) is 20.0. The molecule has 0 aromatic heterocycles. The molecular weight excluding hydrogens is 334 g/mol. The average molecular weight is 361 g/mol. The molecule has 26 heavy (non-hydrogen) atoms. The largest absolute Gasteiger partial charge is 0.493 e. The highest BCUT2D eigenvalue weighted by molar-refractivity contribution is 5.73. The van der Waals surface area contributed by atoms with Gasteiger partial charge in [-0.15, -0.1) is 0 Å². The fourth-order valence-electron chi connectivity index (χ4n) is 3.04. The zero-order valence-corrected chi connectivity index (χ0v) is 15.7. The molecule has 6 heteroatoms. The Bertz CT molecular complexity index is 656. The number of hydrogen-bond donors (Lipinski definition) is 0. The molecule has 1 unspecified atom stereocenters. The minimum atomic E-state index is -0.382. The quantitative estimate of drug-likeness (QED) is 0.550. The third kappa shape index (κ3) is 5.88. The van der Waals surface area contributed by atoms with Crippen LogP contribution in [0.5, 0.6) is 11.5 Å². The summed E-state index contributed by atoms with van der Waals surface area (Å²) in [7, 11) is 1.54. The molecule has 1 saturated heterocycles. The summed E-state index contributed by atoms with van der Waals surface area (Å²) in [5.41, 5.74) is 0.955. The third-order valence-electron chi connectivity index (χ3n) is 4.24. The van der Waals surface area contributed by atoms with E-state index in [1.165, 1.54) is 6.92 Å². The summed E-state index contributed by atoms with van der Waals surface area (Å²) in [6, 6.07) is 5.42. The van der Waals surface area contributed by atoms with E-state index >= 15 is 0 Å². The van der Waals surface area contributed by atoms with Crippen molar-refractivity contribution in [3.05, 3.63) is 29.8 Å². The zero-order chi connectivity index (χ0) is 18.9. The van der Waals surface area contributed by atoms with Gasteiger partial charge in [-0.3, -0.25) is 14.5 Å². The lowest BCUT2D eigenvalue weighted by atomic mass is 9.98. The lowest BCUT2D eigenvalue weighted by Gasteiger charge is -2.30. The Labute approximate surface area is 154 Å². The summed E-state index contributed by atoms with van der Waals surface area (Å²) < 4.78 is 15.5. The van der Waals surface area contributed by atoms with Gasteiger partial charge in [0.15, 0.2) is 11.5 Å². The molecule has 1 aromatic rings. The molecular formula is C20H27NO5. The van der Waals surface area contributed by atoms with E-state index in [1.807, 2.05) is 25.1 Å². The second kappa shape index (κ2) is 9.97. The summed E-state index contributed by atoms with van der Waals surface area (Å²) in [6.45, 7) is 6.11. The van der Waals surface area contributed by atoms with Crippen molar-refractivity contribution >= 4 is 18.0 Å². The molecule has 0 spiro atoms. The van der Waals surface area contributed by atoms with Crippen LogP contribution in [0.25, 0.3) is 6.08 Å². The zero-order valence-electron chi connectivity index (χ0n) is 15.7. The van der Waals surface area contributed by atoms with Crippen molar-refractivity contribution < 1.29 is 23.8 Å². The Kier molecular flexibility index (Phi) is 7.66. The monoisotopic (exact) mass is 361 g/mol. The Morgan fingerprint density at radius 2 is 2.12 bits per heavy atom. The molecule has 0 amide bonds. The number of nitrogens with zero attached hydrogens (tertiary/aromatic N) is 1. The lowest BCUT2D eigenvalue weighted by molar-refractivity contribution is -0.149. The van der Waals surface area contributed by atoms with Crippen LogP contribution < -0.4 is 9.47 Å². The Balaban J connectivity index is 1.93. The fourth-order valence-corrected chi connectivity index (χ4v) is 3.04. The van der Waals surface area contributed by atoms with Gasteiger partial charge < -0.3 is 14.2 Å². The van der Waals surface area contributed by atoms with Crippen LogP contribution in [0.4, 0.5) is 0 Å². The number of hydrogen-bond acceptors (Lipinski definition) is 6. The van der Waals surface area contributed by atoms with Crippen LogP contribution in [0.3, 0.4) is 0 Å². The number of ether oxygens (including phenoxy) is 3. The Morgan fingerprint density at radius 3 is 2.81 bits per heavy atom. The number of likely N-dealkylation sites (tertiary alicyclic amines) is 1. The van der Waals surface area contributed by atoms with Crippen LogP contribution in [-0.2, 0) is 14.3 Å². The summed E-state index contributed by atoms with van der Waals surface area (Å²) >= 11 is 0. The van der Waals surface area contributed by atoms with Gasteiger partial charge in [0.25, 0.3) is 0 Å². The summed E-state index contributed by atoms with van der Waals surface area (Å²) in [6.07, 6.45) is 5.96. The van der Waals surface area contributed by atoms with E-state index in [0.29, 0.717) is 18.1 Å². The molecule has 0 saturated carbocycles. The maximum absolute atomic E-state index is 11.9. The van der Waals surface area contributed by atoms with Gasteiger partial charge in [0, 0.05) is 20.0 Å². The molecule has 1 atom stereocenters. The molecule has 1 aliphatic heterocycles. The van der Waals surface area contributed by atoms with E-state index in [1.54, 1.807) is 13.2 Å². The molecule has 2 rings (SSSR count). The van der Waals surface area contributed by atoms with Crippen molar-refractivity contribution in [2.75, 3.05) is 33.4 Å². The van der Waals surface area contributed by atoms with Crippen LogP contribution in [0, 0.1) is 5.92 Å². The molecule has 1 aromatic carbocycles. The summed E-state index contributed by atoms with van der Waals surface area (Å²) in [5.74, 6) is 0.424. The van der Waals surface area contributed by atoms with E-state index in [-0.39, 0.29) is 17.9 Å². The average Bonchev–Trinajstić information content (AvgIpc) is 2.63. The molecule has 142 valence electrons. The van der Waals surface area contributed by atoms with Gasteiger partial charge in [0.05, 0.1) is 19.6 Å². The van der Waals surface area contributed by atoms with Crippen LogP contribution >= 0.6 is 0 Å². The highest BCUT2D eigenvalue weighted by Crippen LogP contribution is 2.28. The van der Waals surface area contributed by atoms with Crippen molar-refractivity contribution in [1.29, 1.82) is 0 Å². The number of esters is 2. The van der Waals surface area contributed by atoms with E-state index in [2.05, 4.69) is 11.0 Å². The van der Waals surface area contributed by atoms with Crippen molar-refractivity contribution in [2.24, 2.45) is 5.92 Å². The number of carbonyl (C=O) groups excluding carboxylic acids is 2. The van der Waals surface area contributed by atoms with Crippen molar-refractivity contribution in [3.8, 4) is 11.5 Å². The maximum Gasteiger partial charge on any atom is 0.310 e. The highest BCUT2D eigenvalue weighted by atomic mass is 16.6. The van der Waals surface area contributed by atoms with E-state index in [0.717, 1.165) is 38.0 Å². The molecule has 1 heterocycles. The molecule has 0 aliphatic carbocycles. The predicted octanol–water partition coefficient (Wildman–Crippen LogP) is 2.91. The van der Waals surface area contributed by atoms with Crippen molar-refractivity contribution in [2.45, 2.75) is 26.7 Å². The van der Waals surface area contributed by atoms with E-state index in [9.17, 15) is 9.59 Å². The van der Waals surface area contributed by atoms with Crippen molar-refractivity contribution in [3.63, 3.8) is 0 Å². The van der Waals surface area contributed by atoms with Crippen LogP contribution in [0.15, 0.2) is 24.3 Å². The molecule has 0 radical (unpaired) electrons. The topological polar surface area (TPSA) is 65.1 Å². The SMILES string of the molecule is CCOC(=O)C1CCCN(C/C=C\c2ccc(OC(C)=O)c(OC)c2)C1. The number of piperidine rings is 1. The van der Waals surface area contributed by atoms with Crippen molar-refractivity contribution in [1.82, 2.24) is 4.90 Å². The first-order chi connectivity index (χ1) is 12.5. The second-order valence-corrected chi connectivity index (χ2v) is 6.26. The number of rotatable bonds is 7. The number of methoxy groups -OCH3 is 1. The summed E-state index contributed by atoms with van der Waals surface area (Å²) in [5, 5.41) is 0. The third-order valence-corrected chi connectivity index (χ3v) is 4.24. The molecule has 6 nitrogen and oxygen atoms in total. The first-order valence-corrected chi connectivity index (χ1v) is 8.95. The van der Waals surface area contributed by atoms with Gasteiger partial charge in [-0.05, 0) is 44.0 Å². The van der Waals surface area contributed by atoms with Gasteiger partial charge in [-0.1, -0.05) is 18.2 Å². The first-order valence-electron chi connectivity index (χ1n) is 8.95. The maximum atomic E-state index is 11.9. The van der Waals surface area contributed by atoms with Gasteiger partial charge in [0.2, 0.25) is 0 Å². The van der Waals surface area contributed by atoms with Gasteiger partial charge in [0.1, 0.15) is 0 Å². The Hall–Kier alpha value is -2.34. The van der Waals surface area contributed by atoms with Gasteiger partial charge in [-0.2, -0.15) is 0 Å². The summed E-state index contributed by atoms with van der Waals surface area (Å²) in [4.78, 5) is 25.3. The number of carbonyl (C=O) groups is 2. The minimum absolute atomic E-state index is 0.0276. The van der Waals surface area contributed by atoms with E-state index in [4.69, 9.17) is 14.2 Å². The molecule has 0 bridgehead atoms. The minimum Gasteiger partial charge on any atom is -0.493 e. The number of benzene rings is 1. The van der Waals surface area contributed by atoms with E-state index < -0.39 is 0 Å². The second-order valence-electron chi connectivity index (χ2n) is 6.26. The highest BCUT2D eigenvalue weighted by Gasteiger charge is 2.26. The molecule has 1 fully saturated rings. The molecule has 1 aliphatic rings. The van der Waals surface area contributed by atoms with Crippen LogP contribution in [0.1, 0.15) is 32.3 Å². The predicted molar refractivity (Wildman–Crippen MR) is 99.1 cm³/mol. The van der Waals surface area contributed by atoms with Gasteiger partial charge >= 0.3 is 11.9 Å². The lowest BCUT2D eigenvalue weighted by Crippen LogP contribution is -2.39. The Morgan fingerprint density at radius 1 is 1.31 bits per heavy atom. The smallest absolute Gasteiger partial charge is 0.310 e. The van der Waals surface area contributed by atoms with Crippen LogP contribution in [-0.4, -0.2) is 50.2 Å².